The van der Waals surface area contributed by atoms with Crippen LogP contribution in [0.25, 0.3) is 0 Å². The first-order chi connectivity index (χ1) is 36.5. The number of carbonyl (C=O) groups is 2. The highest BCUT2D eigenvalue weighted by atomic mass is 16.5. The maximum Gasteiger partial charge on any atom is 0.305 e. The van der Waals surface area contributed by atoms with E-state index >= 15 is 0 Å². The van der Waals surface area contributed by atoms with Crippen LogP contribution in [-0.4, -0.2) is 47.4 Å². The number of hydrogen-bond donors (Lipinski definition) is 3. The first kappa shape index (κ1) is 72.3. The minimum atomic E-state index is -0.662. The van der Waals surface area contributed by atoms with Crippen molar-refractivity contribution in [1.82, 2.24) is 5.32 Å². The third kappa shape index (κ3) is 59.6. The predicted octanol–water partition coefficient (Wildman–Crippen LogP) is 21.4. The molecule has 6 heteroatoms. The van der Waals surface area contributed by atoms with Gasteiger partial charge in [-0.3, -0.25) is 9.59 Å². The number of carbonyl (C=O) groups excluding carboxylic acids is 2. The average molecular weight is 1040 g/mol. The molecule has 438 valence electrons. The van der Waals surface area contributed by atoms with Gasteiger partial charge in [0.05, 0.1) is 25.4 Å². The summed E-state index contributed by atoms with van der Waals surface area (Å²) in [7, 11) is 0. The molecular formula is C68H131NO5. The second-order valence-corrected chi connectivity index (χ2v) is 23.2. The number of rotatable bonds is 63. The van der Waals surface area contributed by atoms with Crippen LogP contribution in [0.2, 0.25) is 0 Å². The molecule has 0 aromatic heterocycles. The summed E-state index contributed by atoms with van der Waals surface area (Å²) in [6, 6.07) is -0.539. The molecule has 0 saturated heterocycles. The molecule has 0 aromatic carbocycles. The van der Waals surface area contributed by atoms with Gasteiger partial charge in [-0.15, -0.1) is 0 Å². The zero-order valence-corrected chi connectivity index (χ0v) is 50.1. The number of esters is 1. The van der Waals surface area contributed by atoms with Crippen molar-refractivity contribution < 1.29 is 24.5 Å². The summed E-state index contributed by atoms with van der Waals surface area (Å²) in [5, 5.41) is 23.3. The second-order valence-electron chi connectivity index (χ2n) is 23.2. The number of unbranched alkanes of at least 4 members (excludes halogenated alkanes) is 48. The Hall–Kier alpha value is -1.66. The molecular weight excluding hydrogens is 911 g/mol. The number of hydrogen-bond acceptors (Lipinski definition) is 5. The van der Waals surface area contributed by atoms with Crippen LogP contribution in [0.1, 0.15) is 373 Å². The van der Waals surface area contributed by atoms with Crippen molar-refractivity contribution in [3.63, 3.8) is 0 Å². The minimum Gasteiger partial charge on any atom is -0.466 e. The molecule has 0 bridgehead atoms. The predicted molar refractivity (Wildman–Crippen MR) is 324 cm³/mol. The van der Waals surface area contributed by atoms with Gasteiger partial charge >= 0.3 is 5.97 Å². The molecule has 0 saturated carbocycles. The zero-order valence-electron chi connectivity index (χ0n) is 50.1. The van der Waals surface area contributed by atoms with E-state index < -0.39 is 12.1 Å². The van der Waals surface area contributed by atoms with Gasteiger partial charge < -0.3 is 20.3 Å². The van der Waals surface area contributed by atoms with Crippen LogP contribution in [0.5, 0.6) is 0 Å². The van der Waals surface area contributed by atoms with Crippen LogP contribution in [0, 0.1) is 0 Å². The van der Waals surface area contributed by atoms with E-state index in [0.29, 0.717) is 25.9 Å². The van der Waals surface area contributed by atoms with E-state index in [1.54, 1.807) is 0 Å². The van der Waals surface area contributed by atoms with E-state index in [9.17, 15) is 19.8 Å². The Bertz CT molecular complexity index is 1150. The second kappa shape index (κ2) is 63.9. The molecule has 74 heavy (non-hydrogen) atoms. The lowest BCUT2D eigenvalue weighted by Gasteiger charge is -2.22. The molecule has 6 nitrogen and oxygen atoms in total. The Morgan fingerprint density at radius 3 is 1.05 bits per heavy atom. The molecule has 0 aromatic rings. The van der Waals surface area contributed by atoms with Gasteiger partial charge in [-0.25, -0.2) is 0 Å². The lowest BCUT2D eigenvalue weighted by Crippen LogP contribution is -2.45. The van der Waals surface area contributed by atoms with Crippen molar-refractivity contribution >= 4 is 11.9 Å². The number of ether oxygens (including phenoxy) is 1. The molecule has 1 amide bonds. The molecule has 0 fully saturated rings. The van der Waals surface area contributed by atoms with Crippen LogP contribution in [0.3, 0.4) is 0 Å². The van der Waals surface area contributed by atoms with Crippen molar-refractivity contribution in [3.8, 4) is 0 Å². The zero-order chi connectivity index (χ0) is 53.6. The van der Waals surface area contributed by atoms with Gasteiger partial charge in [-0.2, -0.15) is 0 Å². The van der Waals surface area contributed by atoms with E-state index in [-0.39, 0.29) is 18.5 Å². The molecule has 0 heterocycles. The number of allylic oxidation sites excluding steroid dienone is 4. The fraction of sp³-hybridized carbons (Fsp3) is 0.912. The van der Waals surface area contributed by atoms with Gasteiger partial charge in [0.15, 0.2) is 0 Å². The van der Waals surface area contributed by atoms with Gasteiger partial charge in [0.25, 0.3) is 0 Å². The van der Waals surface area contributed by atoms with Crippen molar-refractivity contribution in [2.45, 2.75) is 386 Å². The summed E-state index contributed by atoms with van der Waals surface area (Å²) >= 11 is 0. The number of amides is 1. The van der Waals surface area contributed by atoms with E-state index in [0.717, 1.165) is 51.4 Å². The van der Waals surface area contributed by atoms with Crippen LogP contribution in [-0.2, 0) is 14.3 Å². The SMILES string of the molecule is CCCCC/C=C\C/C=C\CCCCCCCC(=O)OCCCCCCCCCCCCCCCCCCCCCCCCCCCCCC(=O)NC(CO)C(O)CCCCCCCCCCCCCCCCC. The smallest absolute Gasteiger partial charge is 0.305 e. The Balaban J connectivity index is 3.34. The fourth-order valence-corrected chi connectivity index (χ4v) is 10.6. The fourth-order valence-electron chi connectivity index (χ4n) is 10.6. The highest BCUT2D eigenvalue weighted by Gasteiger charge is 2.20. The number of nitrogens with one attached hydrogen (secondary N) is 1. The number of aliphatic hydroxyl groups excluding tert-OH is 2. The molecule has 0 radical (unpaired) electrons. The summed E-state index contributed by atoms with van der Waals surface area (Å²) in [5.74, 6) is -0.0252. The number of aliphatic hydroxyl groups is 2. The van der Waals surface area contributed by atoms with Gasteiger partial charge in [0.1, 0.15) is 0 Å². The Kier molecular flexibility index (Phi) is 62.4. The average Bonchev–Trinajstić information content (AvgIpc) is 3.40. The van der Waals surface area contributed by atoms with Crippen LogP contribution < -0.4 is 5.32 Å². The maximum absolute atomic E-state index is 12.5. The van der Waals surface area contributed by atoms with Crippen LogP contribution in [0.4, 0.5) is 0 Å². The summed E-state index contributed by atoms with van der Waals surface area (Å²) in [4.78, 5) is 24.6. The summed E-state index contributed by atoms with van der Waals surface area (Å²) < 4.78 is 5.48. The molecule has 0 rings (SSSR count). The Morgan fingerprint density at radius 1 is 0.378 bits per heavy atom. The highest BCUT2D eigenvalue weighted by molar-refractivity contribution is 5.76. The summed E-state index contributed by atoms with van der Waals surface area (Å²) in [6.07, 6.45) is 79.2. The van der Waals surface area contributed by atoms with Gasteiger partial charge in [0.2, 0.25) is 5.91 Å². The van der Waals surface area contributed by atoms with Crippen LogP contribution >= 0.6 is 0 Å². The maximum atomic E-state index is 12.5. The summed E-state index contributed by atoms with van der Waals surface area (Å²) in [5.41, 5.74) is 0. The molecule has 2 unspecified atom stereocenters. The lowest BCUT2D eigenvalue weighted by atomic mass is 10.0. The largest absolute Gasteiger partial charge is 0.466 e. The molecule has 3 N–H and O–H groups in total. The molecule has 0 aliphatic rings. The van der Waals surface area contributed by atoms with E-state index in [1.807, 2.05) is 0 Å². The molecule has 2 atom stereocenters. The van der Waals surface area contributed by atoms with E-state index in [1.165, 1.54) is 289 Å². The molecule has 0 spiro atoms. The van der Waals surface area contributed by atoms with Crippen molar-refractivity contribution in [2.24, 2.45) is 0 Å². The highest BCUT2D eigenvalue weighted by Crippen LogP contribution is 2.19. The van der Waals surface area contributed by atoms with Crippen molar-refractivity contribution in [3.05, 3.63) is 24.3 Å². The monoisotopic (exact) mass is 1040 g/mol. The van der Waals surface area contributed by atoms with Gasteiger partial charge in [-0.1, -0.05) is 327 Å². The van der Waals surface area contributed by atoms with Gasteiger partial charge in [0, 0.05) is 12.8 Å². The molecule has 0 aliphatic carbocycles. The van der Waals surface area contributed by atoms with Crippen molar-refractivity contribution in [1.29, 1.82) is 0 Å². The third-order valence-electron chi connectivity index (χ3n) is 15.8. The van der Waals surface area contributed by atoms with Crippen LogP contribution in [0.15, 0.2) is 24.3 Å². The Labute approximate surface area is 462 Å². The lowest BCUT2D eigenvalue weighted by molar-refractivity contribution is -0.143. The topological polar surface area (TPSA) is 95.9 Å². The van der Waals surface area contributed by atoms with E-state index in [2.05, 4.69) is 43.5 Å². The first-order valence-corrected chi connectivity index (χ1v) is 33.6. The Morgan fingerprint density at radius 2 is 0.676 bits per heavy atom. The molecule has 0 aliphatic heterocycles. The standard InChI is InChI=1S/C68H131NO5/c1-3-5-7-9-11-13-15-17-32-36-40-44-48-52-56-60-66(71)65(64-70)69-67(72)61-57-53-49-45-41-37-34-30-28-26-24-22-20-19-21-23-25-27-29-31-35-39-43-47-51-55-59-63-74-68(73)62-58-54-50-46-42-38-33-18-16-14-12-10-8-6-4-2/h12,14,18,33,65-66,70-71H,3-11,13,15-17,19-32,34-64H2,1-2H3,(H,69,72)/b14-12-,33-18-. The quantitative estimate of drug-likeness (QED) is 0.0320. The normalized spacial score (nSPS) is 12.6. The van der Waals surface area contributed by atoms with Gasteiger partial charge in [-0.05, 0) is 57.8 Å². The van der Waals surface area contributed by atoms with E-state index in [4.69, 9.17) is 4.74 Å². The summed E-state index contributed by atoms with van der Waals surface area (Å²) in [6.45, 7) is 4.95. The third-order valence-corrected chi connectivity index (χ3v) is 15.8. The van der Waals surface area contributed by atoms with Crippen molar-refractivity contribution in [2.75, 3.05) is 13.2 Å². The minimum absolute atomic E-state index is 0.00455. The first-order valence-electron chi connectivity index (χ1n) is 33.6.